The lowest BCUT2D eigenvalue weighted by Crippen LogP contribution is -2.49. The van der Waals surface area contributed by atoms with E-state index in [1.165, 1.54) is 77.7 Å². The summed E-state index contributed by atoms with van der Waals surface area (Å²) < 4.78 is 0. The maximum atomic E-state index is 4.32. The summed E-state index contributed by atoms with van der Waals surface area (Å²) in [6.07, 6.45) is 9.46. The first-order valence-corrected chi connectivity index (χ1v) is 10.2. The number of nitrogens with zero attached hydrogens (tertiary/aromatic N) is 3. The fraction of sp³-hybridized carbons (Fsp3) is 0.947. The van der Waals surface area contributed by atoms with Gasteiger partial charge in [0, 0.05) is 52.9 Å². The zero-order chi connectivity index (χ0) is 17.5. The van der Waals surface area contributed by atoms with E-state index in [1.54, 1.807) is 0 Å². The monoisotopic (exact) mass is 467 g/mol. The Labute approximate surface area is 173 Å². The third-order valence-electron chi connectivity index (χ3n) is 4.93. The quantitative estimate of drug-likeness (QED) is 0.200. The Hall–Kier alpha value is -0.0800. The highest BCUT2D eigenvalue weighted by Gasteiger charge is 2.14. The maximum absolute atomic E-state index is 4.32. The van der Waals surface area contributed by atoms with Crippen molar-refractivity contribution in [3.05, 3.63) is 0 Å². The molecular formula is C19H42IN5. The second kappa shape index (κ2) is 17.3. The number of rotatable bonds is 12. The minimum absolute atomic E-state index is 0. The lowest BCUT2D eigenvalue weighted by Gasteiger charge is -2.34. The van der Waals surface area contributed by atoms with E-state index in [2.05, 4.69) is 39.3 Å². The van der Waals surface area contributed by atoms with Crippen molar-refractivity contribution in [3.63, 3.8) is 0 Å². The number of likely N-dealkylation sites (N-methyl/N-ethyl adjacent to an activating group) is 1. The third kappa shape index (κ3) is 12.8. The Morgan fingerprint density at radius 3 is 1.96 bits per heavy atom. The van der Waals surface area contributed by atoms with Gasteiger partial charge < -0.3 is 15.5 Å². The van der Waals surface area contributed by atoms with E-state index >= 15 is 0 Å². The zero-order valence-electron chi connectivity index (χ0n) is 16.9. The van der Waals surface area contributed by atoms with Crippen molar-refractivity contribution in [2.45, 2.75) is 58.8 Å². The number of hydrogen-bond donors (Lipinski definition) is 2. The molecule has 0 bridgehead atoms. The molecule has 5 nitrogen and oxygen atoms in total. The molecule has 1 aliphatic heterocycles. The number of piperazine rings is 1. The van der Waals surface area contributed by atoms with Crippen LogP contribution in [0, 0.1) is 0 Å². The first kappa shape index (κ1) is 24.9. The molecule has 6 heteroatoms. The van der Waals surface area contributed by atoms with Gasteiger partial charge in [-0.2, -0.15) is 0 Å². The Morgan fingerprint density at radius 2 is 1.36 bits per heavy atom. The second-order valence-electron chi connectivity index (χ2n) is 6.82. The molecule has 0 unspecified atom stereocenters. The van der Waals surface area contributed by atoms with Crippen molar-refractivity contribution in [2.75, 3.05) is 59.4 Å². The largest absolute Gasteiger partial charge is 0.356 e. The molecule has 1 heterocycles. The number of halogens is 1. The minimum atomic E-state index is 0. The van der Waals surface area contributed by atoms with Gasteiger partial charge in [0.25, 0.3) is 0 Å². The molecule has 25 heavy (non-hydrogen) atoms. The highest BCUT2D eigenvalue weighted by atomic mass is 127. The molecule has 0 radical (unpaired) electrons. The van der Waals surface area contributed by atoms with Crippen LogP contribution in [-0.4, -0.2) is 75.2 Å². The first-order valence-electron chi connectivity index (χ1n) is 10.2. The predicted molar refractivity (Wildman–Crippen MR) is 121 cm³/mol. The first-order chi connectivity index (χ1) is 11.8. The summed E-state index contributed by atoms with van der Waals surface area (Å²) in [6, 6.07) is 0. The Balaban J connectivity index is 0.00000576. The van der Waals surface area contributed by atoms with Crippen LogP contribution < -0.4 is 10.6 Å². The molecule has 0 amide bonds. The van der Waals surface area contributed by atoms with Crippen molar-refractivity contribution >= 4 is 29.9 Å². The highest BCUT2D eigenvalue weighted by Crippen LogP contribution is 2.06. The minimum Gasteiger partial charge on any atom is -0.356 e. The van der Waals surface area contributed by atoms with Gasteiger partial charge in [-0.25, -0.2) is 0 Å². The number of nitrogens with one attached hydrogen (secondary N) is 2. The lowest BCUT2D eigenvalue weighted by molar-refractivity contribution is 0.139. The second-order valence-corrected chi connectivity index (χ2v) is 6.82. The van der Waals surface area contributed by atoms with Crippen LogP contribution in [0.15, 0.2) is 4.99 Å². The average molecular weight is 467 g/mol. The van der Waals surface area contributed by atoms with Crippen molar-refractivity contribution in [3.8, 4) is 0 Å². The van der Waals surface area contributed by atoms with E-state index in [1.807, 2.05) is 7.05 Å². The summed E-state index contributed by atoms with van der Waals surface area (Å²) in [4.78, 5) is 9.39. The van der Waals surface area contributed by atoms with Gasteiger partial charge >= 0.3 is 0 Å². The fourth-order valence-corrected chi connectivity index (χ4v) is 3.17. The molecule has 1 saturated heterocycles. The zero-order valence-corrected chi connectivity index (χ0v) is 19.2. The molecule has 0 aromatic heterocycles. The smallest absolute Gasteiger partial charge is 0.191 e. The SMILES string of the molecule is CCCCCCCCCNC(=NC)NCCN1CCN(CC)CC1.I. The Kier molecular flexibility index (Phi) is 17.3. The molecule has 0 atom stereocenters. The van der Waals surface area contributed by atoms with Crippen LogP contribution in [0.1, 0.15) is 58.8 Å². The van der Waals surface area contributed by atoms with Crippen LogP contribution in [0.2, 0.25) is 0 Å². The number of hydrogen-bond acceptors (Lipinski definition) is 3. The summed E-state index contributed by atoms with van der Waals surface area (Å²) in [5.74, 6) is 0.952. The van der Waals surface area contributed by atoms with Crippen LogP contribution >= 0.6 is 24.0 Å². The normalized spacial score (nSPS) is 16.5. The average Bonchev–Trinajstić information content (AvgIpc) is 2.63. The van der Waals surface area contributed by atoms with Crippen molar-refractivity contribution in [1.29, 1.82) is 0 Å². The Morgan fingerprint density at radius 1 is 0.800 bits per heavy atom. The standard InChI is InChI=1S/C19H41N5.HI/c1-4-6-7-8-9-10-11-12-21-19(20-3)22-13-14-24-17-15-23(5-2)16-18-24;/h4-18H2,1-3H3,(H2,20,21,22);1H. The van der Waals surface area contributed by atoms with Crippen LogP contribution in [0.3, 0.4) is 0 Å². The fourth-order valence-electron chi connectivity index (χ4n) is 3.17. The van der Waals surface area contributed by atoms with Crippen molar-refractivity contribution < 1.29 is 0 Å². The topological polar surface area (TPSA) is 42.9 Å². The molecule has 0 aromatic rings. The van der Waals surface area contributed by atoms with E-state index < -0.39 is 0 Å². The van der Waals surface area contributed by atoms with E-state index in [-0.39, 0.29) is 24.0 Å². The summed E-state index contributed by atoms with van der Waals surface area (Å²) in [5.41, 5.74) is 0. The lowest BCUT2D eigenvalue weighted by atomic mass is 10.1. The van der Waals surface area contributed by atoms with Gasteiger partial charge in [0.1, 0.15) is 0 Å². The van der Waals surface area contributed by atoms with Gasteiger partial charge in [0.15, 0.2) is 5.96 Å². The molecule has 0 spiro atoms. The third-order valence-corrected chi connectivity index (χ3v) is 4.93. The summed E-state index contributed by atoms with van der Waals surface area (Å²) in [6.45, 7) is 13.6. The van der Waals surface area contributed by atoms with Gasteiger partial charge in [0.05, 0.1) is 0 Å². The van der Waals surface area contributed by atoms with E-state index in [0.717, 1.165) is 25.6 Å². The van der Waals surface area contributed by atoms with Crippen molar-refractivity contribution in [2.24, 2.45) is 4.99 Å². The maximum Gasteiger partial charge on any atom is 0.191 e. The molecular weight excluding hydrogens is 425 g/mol. The molecule has 2 N–H and O–H groups in total. The van der Waals surface area contributed by atoms with Gasteiger partial charge in [-0.15, -0.1) is 24.0 Å². The Bertz CT molecular complexity index is 317. The van der Waals surface area contributed by atoms with Crippen LogP contribution in [-0.2, 0) is 0 Å². The molecule has 1 rings (SSSR count). The van der Waals surface area contributed by atoms with Crippen LogP contribution in [0.4, 0.5) is 0 Å². The van der Waals surface area contributed by atoms with Crippen LogP contribution in [0.25, 0.3) is 0 Å². The number of unbranched alkanes of at least 4 members (excludes halogenated alkanes) is 6. The van der Waals surface area contributed by atoms with Gasteiger partial charge in [0.2, 0.25) is 0 Å². The van der Waals surface area contributed by atoms with Gasteiger partial charge in [-0.1, -0.05) is 52.4 Å². The van der Waals surface area contributed by atoms with E-state index in [9.17, 15) is 0 Å². The molecule has 1 aliphatic rings. The molecule has 150 valence electrons. The van der Waals surface area contributed by atoms with Crippen LogP contribution in [0.5, 0.6) is 0 Å². The predicted octanol–water partition coefficient (Wildman–Crippen LogP) is 3.16. The molecule has 1 fully saturated rings. The molecule has 0 aromatic carbocycles. The summed E-state index contributed by atoms with van der Waals surface area (Å²) in [5, 5.41) is 6.88. The van der Waals surface area contributed by atoms with Crippen molar-refractivity contribution in [1.82, 2.24) is 20.4 Å². The number of guanidine groups is 1. The van der Waals surface area contributed by atoms with E-state index in [4.69, 9.17) is 0 Å². The van der Waals surface area contributed by atoms with E-state index in [0.29, 0.717) is 0 Å². The van der Waals surface area contributed by atoms with Gasteiger partial charge in [-0.05, 0) is 13.0 Å². The summed E-state index contributed by atoms with van der Waals surface area (Å²) in [7, 11) is 1.86. The summed E-state index contributed by atoms with van der Waals surface area (Å²) >= 11 is 0. The molecule has 0 aliphatic carbocycles. The van der Waals surface area contributed by atoms with Gasteiger partial charge in [-0.3, -0.25) is 9.89 Å². The number of aliphatic imine (C=N–C) groups is 1. The highest BCUT2D eigenvalue weighted by molar-refractivity contribution is 14.0. The molecule has 0 saturated carbocycles.